The van der Waals surface area contributed by atoms with E-state index < -0.39 is 5.41 Å². The fourth-order valence-electron chi connectivity index (χ4n) is 1.58. The minimum absolute atomic E-state index is 0.0214. The van der Waals surface area contributed by atoms with Gasteiger partial charge in [-0.15, -0.1) is 0 Å². The molecular weight excluding hydrogens is 252 g/mol. The summed E-state index contributed by atoms with van der Waals surface area (Å²) in [6.07, 6.45) is 0. The van der Waals surface area contributed by atoms with Gasteiger partial charge in [-0.05, 0) is 39.8 Å². The third-order valence-electron chi connectivity index (χ3n) is 2.92. The van der Waals surface area contributed by atoms with Crippen LogP contribution in [-0.2, 0) is 4.79 Å². The number of nitrogens with zero attached hydrogens (tertiary/aromatic N) is 1. The summed E-state index contributed by atoms with van der Waals surface area (Å²) in [6.45, 7) is 8.56. The van der Waals surface area contributed by atoms with E-state index in [0.717, 1.165) is 5.69 Å². The second kappa shape index (κ2) is 6.93. The second-order valence-electron chi connectivity index (χ2n) is 5.44. The zero-order chi connectivity index (χ0) is 15.2. The Bertz CT molecular complexity index is 477. The molecule has 0 aliphatic heterocycles. The van der Waals surface area contributed by atoms with E-state index in [1.807, 2.05) is 52.0 Å². The molecule has 0 unspecified atom stereocenters. The van der Waals surface area contributed by atoms with Crippen LogP contribution in [-0.4, -0.2) is 25.0 Å². The first kappa shape index (κ1) is 16.0. The summed E-state index contributed by atoms with van der Waals surface area (Å²) < 4.78 is 0. The van der Waals surface area contributed by atoms with Crippen molar-refractivity contribution in [2.45, 2.75) is 27.7 Å². The van der Waals surface area contributed by atoms with Crippen molar-refractivity contribution in [3.05, 3.63) is 29.8 Å². The van der Waals surface area contributed by atoms with Gasteiger partial charge in [-0.1, -0.05) is 17.7 Å². The van der Waals surface area contributed by atoms with Crippen LogP contribution in [0.15, 0.2) is 29.3 Å². The molecular formula is C15H24N4O. The molecule has 0 spiro atoms. The van der Waals surface area contributed by atoms with E-state index in [1.54, 1.807) is 0 Å². The average molecular weight is 276 g/mol. The highest BCUT2D eigenvalue weighted by molar-refractivity contribution is 5.92. The molecule has 0 heterocycles. The molecule has 0 aliphatic carbocycles. The Labute approximate surface area is 120 Å². The maximum absolute atomic E-state index is 11.8. The van der Waals surface area contributed by atoms with E-state index in [-0.39, 0.29) is 5.91 Å². The molecule has 1 aromatic rings. The van der Waals surface area contributed by atoms with Gasteiger partial charge in [-0.2, -0.15) is 0 Å². The number of aryl methyl sites for hydroxylation is 1. The number of hydrogen-bond acceptors (Lipinski definition) is 2. The van der Waals surface area contributed by atoms with Gasteiger partial charge in [0, 0.05) is 12.2 Å². The number of nitrogens with one attached hydrogen (secondary N) is 2. The van der Waals surface area contributed by atoms with Gasteiger partial charge in [0.05, 0.1) is 12.0 Å². The van der Waals surface area contributed by atoms with Gasteiger partial charge >= 0.3 is 0 Å². The summed E-state index contributed by atoms with van der Waals surface area (Å²) in [5.41, 5.74) is 7.32. The second-order valence-corrected chi connectivity index (χ2v) is 5.44. The number of carbonyl (C=O) groups is 1. The number of benzene rings is 1. The molecule has 5 nitrogen and oxygen atoms in total. The van der Waals surface area contributed by atoms with Crippen molar-refractivity contribution >= 4 is 17.6 Å². The molecule has 0 aliphatic rings. The van der Waals surface area contributed by atoms with Crippen LogP contribution < -0.4 is 16.4 Å². The normalized spacial score (nSPS) is 12.1. The number of hydrogen-bond donors (Lipinski definition) is 3. The summed E-state index contributed by atoms with van der Waals surface area (Å²) in [7, 11) is 0. The highest BCUT2D eigenvalue weighted by Crippen LogP contribution is 2.15. The summed E-state index contributed by atoms with van der Waals surface area (Å²) in [6, 6.07) is 7.86. The van der Waals surface area contributed by atoms with Crippen molar-refractivity contribution < 1.29 is 4.79 Å². The van der Waals surface area contributed by atoms with Crippen LogP contribution in [0.25, 0.3) is 0 Å². The molecule has 20 heavy (non-hydrogen) atoms. The van der Waals surface area contributed by atoms with Gasteiger partial charge in [0.15, 0.2) is 5.96 Å². The van der Waals surface area contributed by atoms with Crippen molar-refractivity contribution in [1.82, 2.24) is 5.32 Å². The first-order valence-corrected chi connectivity index (χ1v) is 6.77. The minimum atomic E-state index is -0.574. The number of anilines is 1. The lowest BCUT2D eigenvalue weighted by atomic mass is 9.92. The third kappa shape index (κ3) is 4.91. The Hall–Kier alpha value is -2.04. The van der Waals surface area contributed by atoms with Crippen molar-refractivity contribution in [3.63, 3.8) is 0 Å². The summed E-state index contributed by atoms with van der Waals surface area (Å²) in [5.74, 6) is 0.290. The first-order chi connectivity index (χ1) is 9.35. The molecule has 0 bridgehead atoms. The van der Waals surface area contributed by atoms with Gasteiger partial charge in [-0.25, -0.2) is 0 Å². The number of amides is 1. The summed E-state index contributed by atoms with van der Waals surface area (Å²) >= 11 is 0. The Morgan fingerprint density at radius 2 is 1.90 bits per heavy atom. The van der Waals surface area contributed by atoms with Gasteiger partial charge < -0.3 is 16.4 Å². The van der Waals surface area contributed by atoms with E-state index in [2.05, 4.69) is 15.6 Å². The lowest BCUT2D eigenvalue weighted by Crippen LogP contribution is -2.39. The minimum Gasteiger partial charge on any atom is -0.370 e. The van der Waals surface area contributed by atoms with Crippen LogP contribution >= 0.6 is 0 Å². The topological polar surface area (TPSA) is 79.5 Å². The van der Waals surface area contributed by atoms with Gasteiger partial charge in [0.1, 0.15) is 0 Å². The SMILES string of the molecule is CCNC(=O)C(C)(C)CN=C(N)Nc1ccc(C)cc1. The van der Waals surface area contributed by atoms with Crippen LogP contribution in [0.1, 0.15) is 26.3 Å². The zero-order valence-electron chi connectivity index (χ0n) is 12.7. The van der Waals surface area contributed by atoms with Crippen LogP contribution in [0.5, 0.6) is 0 Å². The zero-order valence-corrected chi connectivity index (χ0v) is 12.7. The van der Waals surface area contributed by atoms with E-state index in [9.17, 15) is 4.79 Å². The first-order valence-electron chi connectivity index (χ1n) is 6.77. The molecule has 1 amide bonds. The van der Waals surface area contributed by atoms with Crippen molar-refractivity contribution in [2.75, 3.05) is 18.4 Å². The number of carbonyl (C=O) groups excluding carboxylic acids is 1. The molecule has 110 valence electrons. The van der Waals surface area contributed by atoms with Gasteiger partial charge in [0.2, 0.25) is 5.91 Å². The lowest BCUT2D eigenvalue weighted by molar-refractivity contribution is -0.128. The molecule has 0 saturated carbocycles. The molecule has 5 heteroatoms. The standard InChI is InChI=1S/C15H24N4O/c1-5-17-13(20)15(3,4)10-18-14(16)19-12-8-6-11(2)7-9-12/h6-9H,5,10H2,1-4H3,(H,17,20)(H3,16,18,19). The Morgan fingerprint density at radius 1 is 1.30 bits per heavy atom. The molecule has 0 saturated heterocycles. The lowest BCUT2D eigenvalue weighted by Gasteiger charge is -2.21. The van der Waals surface area contributed by atoms with Crippen molar-refractivity contribution in [3.8, 4) is 0 Å². The maximum Gasteiger partial charge on any atom is 0.227 e. The summed E-state index contributed by atoms with van der Waals surface area (Å²) in [4.78, 5) is 16.1. The van der Waals surface area contributed by atoms with Crippen LogP contribution in [0.2, 0.25) is 0 Å². The highest BCUT2D eigenvalue weighted by atomic mass is 16.2. The van der Waals surface area contributed by atoms with Gasteiger partial charge in [0.25, 0.3) is 0 Å². The highest BCUT2D eigenvalue weighted by Gasteiger charge is 2.26. The van der Waals surface area contributed by atoms with Crippen molar-refractivity contribution in [2.24, 2.45) is 16.1 Å². The number of aliphatic imine (C=N–C) groups is 1. The smallest absolute Gasteiger partial charge is 0.227 e. The monoisotopic (exact) mass is 276 g/mol. The maximum atomic E-state index is 11.8. The van der Waals surface area contributed by atoms with E-state index >= 15 is 0 Å². The van der Waals surface area contributed by atoms with Crippen LogP contribution in [0.4, 0.5) is 5.69 Å². The van der Waals surface area contributed by atoms with E-state index in [4.69, 9.17) is 5.73 Å². The molecule has 0 aromatic heterocycles. The Morgan fingerprint density at radius 3 is 2.45 bits per heavy atom. The Kier molecular flexibility index (Phi) is 5.55. The molecule has 0 atom stereocenters. The fraction of sp³-hybridized carbons (Fsp3) is 0.467. The molecule has 0 fully saturated rings. The van der Waals surface area contributed by atoms with E-state index in [1.165, 1.54) is 5.56 Å². The molecule has 4 N–H and O–H groups in total. The van der Waals surface area contributed by atoms with E-state index in [0.29, 0.717) is 19.0 Å². The predicted molar refractivity (Wildman–Crippen MR) is 83.8 cm³/mol. The third-order valence-corrected chi connectivity index (χ3v) is 2.92. The quantitative estimate of drug-likeness (QED) is 0.567. The average Bonchev–Trinajstić information content (AvgIpc) is 2.39. The molecule has 1 aromatic carbocycles. The van der Waals surface area contributed by atoms with Gasteiger partial charge in [-0.3, -0.25) is 9.79 Å². The molecule has 0 radical (unpaired) electrons. The Balaban J connectivity index is 2.61. The number of nitrogens with two attached hydrogens (primary N) is 1. The number of guanidine groups is 1. The fourth-order valence-corrected chi connectivity index (χ4v) is 1.58. The number of rotatable bonds is 5. The van der Waals surface area contributed by atoms with Crippen LogP contribution in [0, 0.1) is 12.3 Å². The molecule has 1 rings (SSSR count). The van der Waals surface area contributed by atoms with Crippen LogP contribution in [0.3, 0.4) is 0 Å². The largest absolute Gasteiger partial charge is 0.370 e. The van der Waals surface area contributed by atoms with Crippen molar-refractivity contribution in [1.29, 1.82) is 0 Å². The predicted octanol–water partition coefficient (Wildman–Crippen LogP) is 1.88. The summed E-state index contributed by atoms with van der Waals surface area (Å²) in [5, 5.41) is 5.80.